The normalized spacial score (nSPS) is 11.4. The van der Waals surface area contributed by atoms with Crippen molar-refractivity contribution in [2.45, 2.75) is 47.2 Å². The van der Waals surface area contributed by atoms with Crippen LogP contribution in [0.3, 0.4) is 0 Å². The van der Waals surface area contributed by atoms with Crippen molar-refractivity contribution in [3.05, 3.63) is 47.9 Å². The Kier molecular flexibility index (Phi) is 4.93. The van der Waals surface area contributed by atoms with Crippen LogP contribution in [0.15, 0.2) is 36.5 Å². The number of aryl methyl sites for hydroxylation is 3. The van der Waals surface area contributed by atoms with Gasteiger partial charge in [-0.15, -0.1) is 0 Å². The van der Waals surface area contributed by atoms with Gasteiger partial charge in [0.05, 0.1) is 5.69 Å². The third kappa shape index (κ3) is 4.10. The molecule has 3 aromatic rings. The summed E-state index contributed by atoms with van der Waals surface area (Å²) in [4.78, 5) is 12.2. The molecule has 2 aromatic heterocycles. The van der Waals surface area contributed by atoms with E-state index in [9.17, 15) is 4.79 Å². The summed E-state index contributed by atoms with van der Waals surface area (Å²) >= 11 is 0. The van der Waals surface area contributed by atoms with E-state index in [1.165, 1.54) is 5.52 Å². The van der Waals surface area contributed by atoms with Crippen molar-refractivity contribution in [3.8, 4) is 0 Å². The predicted molar refractivity (Wildman–Crippen MR) is 102 cm³/mol. The predicted octanol–water partition coefficient (Wildman–Crippen LogP) is 4.14. The van der Waals surface area contributed by atoms with Gasteiger partial charge in [-0.3, -0.25) is 9.48 Å². The number of carbonyl (C=O) groups excluding carboxylic acids is 1. The molecule has 0 aliphatic rings. The summed E-state index contributed by atoms with van der Waals surface area (Å²) in [5.74, 6) is 0.609. The van der Waals surface area contributed by atoms with Crippen LogP contribution in [-0.2, 0) is 17.9 Å². The van der Waals surface area contributed by atoms with E-state index in [-0.39, 0.29) is 5.91 Å². The van der Waals surface area contributed by atoms with E-state index in [1.807, 2.05) is 36.7 Å². The minimum absolute atomic E-state index is 0.00789. The Morgan fingerprint density at radius 3 is 2.68 bits per heavy atom. The van der Waals surface area contributed by atoms with Crippen LogP contribution in [0, 0.1) is 19.8 Å². The SMILES string of the molecule is Cc1cc(C)n(CCC(=O)Nc2ccc3c(ccn3CC(C)C)c2)n1. The summed E-state index contributed by atoms with van der Waals surface area (Å²) in [6.07, 6.45) is 2.52. The standard InChI is InChI=1S/C20H26N4O/c1-14(2)13-23-9-7-17-12-18(5-6-19(17)23)21-20(25)8-10-24-16(4)11-15(3)22-24/h5-7,9,11-12,14H,8,10,13H2,1-4H3,(H,21,25). The first kappa shape index (κ1) is 17.3. The first-order chi connectivity index (χ1) is 11.9. The van der Waals surface area contributed by atoms with Crippen LogP contribution in [0.2, 0.25) is 0 Å². The van der Waals surface area contributed by atoms with Gasteiger partial charge in [-0.1, -0.05) is 13.8 Å². The number of rotatable bonds is 6. The van der Waals surface area contributed by atoms with E-state index in [2.05, 4.69) is 47.2 Å². The number of aromatic nitrogens is 3. The number of amides is 1. The lowest BCUT2D eigenvalue weighted by molar-refractivity contribution is -0.116. The Bertz CT molecular complexity index is 888. The zero-order valence-electron chi connectivity index (χ0n) is 15.4. The molecule has 0 unspecified atom stereocenters. The molecule has 0 aliphatic heterocycles. The van der Waals surface area contributed by atoms with Gasteiger partial charge >= 0.3 is 0 Å². The van der Waals surface area contributed by atoms with E-state index in [0.29, 0.717) is 18.9 Å². The van der Waals surface area contributed by atoms with Crippen LogP contribution < -0.4 is 5.32 Å². The Hall–Kier alpha value is -2.56. The summed E-state index contributed by atoms with van der Waals surface area (Å²) in [5, 5.41) is 8.53. The molecule has 0 spiro atoms. The first-order valence-corrected chi connectivity index (χ1v) is 8.82. The maximum Gasteiger partial charge on any atom is 0.226 e. The van der Waals surface area contributed by atoms with Crippen molar-refractivity contribution >= 4 is 22.5 Å². The molecular weight excluding hydrogens is 312 g/mol. The molecule has 1 amide bonds. The topological polar surface area (TPSA) is 51.9 Å². The van der Waals surface area contributed by atoms with Crippen LogP contribution >= 0.6 is 0 Å². The van der Waals surface area contributed by atoms with E-state index < -0.39 is 0 Å². The highest BCUT2D eigenvalue weighted by Crippen LogP contribution is 2.21. The quantitative estimate of drug-likeness (QED) is 0.734. The summed E-state index contributed by atoms with van der Waals surface area (Å²) in [6, 6.07) is 10.2. The minimum Gasteiger partial charge on any atom is -0.347 e. The summed E-state index contributed by atoms with van der Waals surface area (Å²) < 4.78 is 4.14. The van der Waals surface area contributed by atoms with Crippen LogP contribution in [0.5, 0.6) is 0 Å². The second-order valence-electron chi connectivity index (χ2n) is 7.08. The third-order valence-electron chi connectivity index (χ3n) is 4.27. The highest BCUT2D eigenvalue weighted by molar-refractivity contribution is 5.93. The summed E-state index contributed by atoms with van der Waals surface area (Å²) in [6.45, 7) is 9.99. The monoisotopic (exact) mass is 338 g/mol. The molecule has 0 saturated carbocycles. The molecule has 0 aliphatic carbocycles. The van der Waals surface area contributed by atoms with Crippen LogP contribution in [0.1, 0.15) is 31.7 Å². The lowest BCUT2D eigenvalue weighted by atomic mass is 10.2. The minimum atomic E-state index is 0.00789. The molecule has 0 fully saturated rings. The molecule has 1 aromatic carbocycles. The number of hydrogen-bond acceptors (Lipinski definition) is 2. The number of nitrogens with one attached hydrogen (secondary N) is 1. The van der Waals surface area contributed by atoms with Gasteiger partial charge in [-0.2, -0.15) is 5.10 Å². The highest BCUT2D eigenvalue weighted by Gasteiger charge is 2.08. The number of fused-ring (bicyclic) bond motifs is 1. The van der Waals surface area contributed by atoms with Crippen molar-refractivity contribution in [2.24, 2.45) is 5.92 Å². The van der Waals surface area contributed by atoms with Gasteiger partial charge in [0.15, 0.2) is 0 Å². The zero-order chi connectivity index (χ0) is 18.0. The molecule has 0 saturated heterocycles. The molecule has 2 heterocycles. The molecule has 1 N–H and O–H groups in total. The molecule has 0 bridgehead atoms. The third-order valence-corrected chi connectivity index (χ3v) is 4.27. The van der Waals surface area contributed by atoms with Crippen LogP contribution in [-0.4, -0.2) is 20.3 Å². The summed E-state index contributed by atoms with van der Waals surface area (Å²) in [7, 11) is 0. The molecule has 0 atom stereocenters. The van der Waals surface area contributed by atoms with E-state index >= 15 is 0 Å². The molecule has 5 nitrogen and oxygen atoms in total. The van der Waals surface area contributed by atoms with E-state index in [0.717, 1.165) is 29.0 Å². The average molecular weight is 338 g/mol. The second kappa shape index (κ2) is 7.13. The number of anilines is 1. The Morgan fingerprint density at radius 2 is 2.00 bits per heavy atom. The average Bonchev–Trinajstić information content (AvgIpc) is 3.07. The van der Waals surface area contributed by atoms with Gasteiger partial charge in [-0.05, 0) is 50.1 Å². The lowest BCUT2D eigenvalue weighted by Crippen LogP contribution is -2.15. The van der Waals surface area contributed by atoms with Crippen LogP contribution in [0.4, 0.5) is 5.69 Å². The molecule has 25 heavy (non-hydrogen) atoms. The van der Waals surface area contributed by atoms with E-state index in [4.69, 9.17) is 0 Å². The number of carbonyl (C=O) groups is 1. The van der Waals surface area contributed by atoms with Gasteiger partial charge in [0.25, 0.3) is 0 Å². The fourth-order valence-corrected chi connectivity index (χ4v) is 3.16. The van der Waals surface area contributed by atoms with Gasteiger partial charge < -0.3 is 9.88 Å². The number of nitrogens with zero attached hydrogens (tertiary/aromatic N) is 3. The van der Waals surface area contributed by atoms with E-state index in [1.54, 1.807) is 0 Å². The first-order valence-electron chi connectivity index (χ1n) is 8.82. The van der Waals surface area contributed by atoms with Crippen molar-refractivity contribution in [1.29, 1.82) is 0 Å². The maximum atomic E-state index is 12.2. The Labute approximate surface area is 148 Å². The van der Waals surface area contributed by atoms with Gasteiger partial charge in [-0.25, -0.2) is 0 Å². The summed E-state index contributed by atoms with van der Waals surface area (Å²) in [5.41, 5.74) is 4.11. The number of hydrogen-bond donors (Lipinski definition) is 1. The maximum absolute atomic E-state index is 12.2. The van der Waals surface area contributed by atoms with Gasteiger partial charge in [0.2, 0.25) is 5.91 Å². The van der Waals surface area contributed by atoms with Crippen molar-refractivity contribution in [3.63, 3.8) is 0 Å². The van der Waals surface area contributed by atoms with Crippen LogP contribution in [0.25, 0.3) is 10.9 Å². The Morgan fingerprint density at radius 1 is 1.20 bits per heavy atom. The lowest BCUT2D eigenvalue weighted by Gasteiger charge is -2.10. The molecule has 3 rings (SSSR count). The molecule has 0 radical (unpaired) electrons. The number of benzene rings is 1. The van der Waals surface area contributed by atoms with Crippen molar-refractivity contribution < 1.29 is 4.79 Å². The highest BCUT2D eigenvalue weighted by atomic mass is 16.1. The second-order valence-corrected chi connectivity index (χ2v) is 7.08. The largest absolute Gasteiger partial charge is 0.347 e. The van der Waals surface area contributed by atoms with Gasteiger partial charge in [0, 0.05) is 48.0 Å². The molecular formula is C20H26N4O. The van der Waals surface area contributed by atoms with Gasteiger partial charge in [0.1, 0.15) is 0 Å². The fraction of sp³-hybridized carbons (Fsp3) is 0.400. The smallest absolute Gasteiger partial charge is 0.226 e. The Balaban J connectivity index is 1.64. The fourth-order valence-electron chi connectivity index (χ4n) is 3.16. The molecule has 132 valence electrons. The zero-order valence-corrected chi connectivity index (χ0v) is 15.4. The van der Waals surface area contributed by atoms with Crippen molar-refractivity contribution in [1.82, 2.24) is 14.3 Å². The van der Waals surface area contributed by atoms with Crippen molar-refractivity contribution in [2.75, 3.05) is 5.32 Å². The molecule has 5 heteroatoms.